The normalized spacial score (nSPS) is 23.4. The molecule has 2 unspecified atom stereocenters. The van der Waals surface area contributed by atoms with Gasteiger partial charge in [-0.15, -0.1) is 0 Å². The number of hydrogen-bond donors (Lipinski definition) is 1. The van der Waals surface area contributed by atoms with E-state index in [1.54, 1.807) is 7.11 Å². The molecule has 0 aromatic heterocycles. The highest BCUT2D eigenvalue weighted by molar-refractivity contribution is 5.37. The van der Waals surface area contributed by atoms with Crippen molar-refractivity contribution in [2.75, 3.05) is 13.7 Å². The Bertz CT molecular complexity index is 386. The minimum Gasteiger partial charge on any atom is -0.383 e. The van der Waals surface area contributed by atoms with Crippen LogP contribution in [0, 0.1) is 5.41 Å². The number of hydrogen-bond acceptors (Lipinski definition) is 2. The summed E-state index contributed by atoms with van der Waals surface area (Å²) in [6.07, 6.45) is 1.15. The van der Waals surface area contributed by atoms with Gasteiger partial charge in [0.1, 0.15) is 0 Å². The molecule has 0 spiro atoms. The van der Waals surface area contributed by atoms with E-state index in [0.717, 1.165) is 13.0 Å². The van der Waals surface area contributed by atoms with Gasteiger partial charge in [-0.05, 0) is 29.9 Å². The van der Waals surface area contributed by atoms with Gasteiger partial charge in [-0.3, -0.25) is 0 Å². The predicted molar refractivity (Wildman–Crippen MR) is 71.1 cm³/mol. The Morgan fingerprint density at radius 1 is 1.41 bits per heavy atom. The number of benzene rings is 1. The van der Waals surface area contributed by atoms with Crippen LogP contribution in [0.3, 0.4) is 0 Å². The minimum absolute atomic E-state index is 0.283. The SMILES string of the molecule is COCC(C)NC1c2ccccc2CC1(C)C. The lowest BCUT2D eigenvalue weighted by Crippen LogP contribution is -2.39. The number of ether oxygens (including phenoxy) is 1. The van der Waals surface area contributed by atoms with E-state index in [1.807, 2.05) is 0 Å². The number of fused-ring (bicyclic) bond motifs is 1. The average molecular weight is 233 g/mol. The number of nitrogens with one attached hydrogen (secondary N) is 1. The maximum atomic E-state index is 5.21. The van der Waals surface area contributed by atoms with Crippen LogP contribution in [0.15, 0.2) is 24.3 Å². The van der Waals surface area contributed by atoms with Crippen LogP contribution in [0.4, 0.5) is 0 Å². The van der Waals surface area contributed by atoms with Crippen LogP contribution in [0.1, 0.15) is 37.9 Å². The van der Waals surface area contributed by atoms with E-state index in [4.69, 9.17) is 4.74 Å². The van der Waals surface area contributed by atoms with Crippen LogP contribution in [0.25, 0.3) is 0 Å². The summed E-state index contributed by atoms with van der Waals surface area (Å²) in [4.78, 5) is 0. The molecule has 1 aliphatic carbocycles. The molecule has 0 bridgehead atoms. The average Bonchev–Trinajstić information content (AvgIpc) is 2.51. The highest BCUT2D eigenvalue weighted by Crippen LogP contribution is 2.45. The van der Waals surface area contributed by atoms with Gasteiger partial charge in [0.25, 0.3) is 0 Å². The highest BCUT2D eigenvalue weighted by atomic mass is 16.5. The quantitative estimate of drug-likeness (QED) is 0.863. The van der Waals surface area contributed by atoms with Gasteiger partial charge < -0.3 is 10.1 Å². The largest absolute Gasteiger partial charge is 0.383 e. The second kappa shape index (κ2) is 4.79. The molecule has 1 aromatic carbocycles. The Morgan fingerprint density at radius 2 is 2.12 bits per heavy atom. The second-order valence-corrected chi connectivity index (χ2v) is 5.82. The lowest BCUT2D eigenvalue weighted by Gasteiger charge is -2.31. The predicted octanol–water partition coefficient (Wildman–Crippen LogP) is 2.93. The molecule has 2 rings (SSSR count). The second-order valence-electron chi connectivity index (χ2n) is 5.82. The number of methoxy groups -OCH3 is 1. The van der Waals surface area contributed by atoms with Gasteiger partial charge in [0, 0.05) is 19.2 Å². The van der Waals surface area contributed by atoms with Crippen LogP contribution in [-0.4, -0.2) is 19.8 Å². The van der Waals surface area contributed by atoms with Crippen LogP contribution >= 0.6 is 0 Å². The van der Waals surface area contributed by atoms with Crippen molar-refractivity contribution < 1.29 is 4.74 Å². The molecule has 0 heterocycles. The van der Waals surface area contributed by atoms with Gasteiger partial charge in [0.2, 0.25) is 0 Å². The fourth-order valence-electron chi connectivity index (χ4n) is 2.89. The Balaban J connectivity index is 2.19. The zero-order chi connectivity index (χ0) is 12.5. The lowest BCUT2D eigenvalue weighted by molar-refractivity contribution is 0.150. The van der Waals surface area contributed by atoms with Gasteiger partial charge in [0.05, 0.1) is 6.61 Å². The summed E-state index contributed by atoms with van der Waals surface area (Å²) in [5.74, 6) is 0. The first-order valence-corrected chi connectivity index (χ1v) is 6.37. The standard InChI is InChI=1S/C15H23NO/c1-11(10-17-4)16-14-13-8-6-5-7-12(13)9-15(14,2)3/h5-8,11,14,16H,9-10H2,1-4H3. The Morgan fingerprint density at radius 3 is 2.82 bits per heavy atom. The Kier molecular flexibility index (Phi) is 3.55. The van der Waals surface area contributed by atoms with Crippen molar-refractivity contribution in [2.24, 2.45) is 5.41 Å². The molecule has 94 valence electrons. The Hall–Kier alpha value is -0.860. The molecule has 17 heavy (non-hydrogen) atoms. The maximum absolute atomic E-state index is 5.21. The highest BCUT2D eigenvalue weighted by Gasteiger charge is 2.38. The number of rotatable bonds is 4. The van der Waals surface area contributed by atoms with Gasteiger partial charge in [-0.2, -0.15) is 0 Å². The van der Waals surface area contributed by atoms with Gasteiger partial charge in [-0.1, -0.05) is 38.1 Å². The van der Waals surface area contributed by atoms with Crippen molar-refractivity contribution in [3.63, 3.8) is 0 Å². The summed E-state index contributed by atoms with van der Waals surface area (Å²) in [6.45, 7) is 7.61. The molecule has 1 aromatic rings. The summed E-state index contributed by atoms with van der Waals surface area (Å²) >= 11 is 0. The molecule has 0 fully saturated rings. The maximum Gasteiger partial charge on any atom is 0.0613 e. The van der Waals surface area contributed by atoms with Crippen LogP contribution in [0.5, 0.6) is 0 Å². The monoisotopic (exact) mass is 233 g/mol. The molecule has 1 N–H and O–H groups in total. The van der Waals surface area contributed by atoms with Crippen LogP contribution < -0.4 is 5.32 Å². The van der Waals surface area contributed by atoms with Gasteiger partial charge >= 0.3 is 0 Å². The molecule has 2 nitrogen and oxygen atoms in total. The topological polar surface area (TPSA) is 21.3 Å². The first-order valence-electron chi connectivity index (χ1n) is 6.37. The fraction of sp³-hybridized carbons (Fsp3) is 0.600. The molecule has 2 atom stereocenters. The van der Waals surface area contributed by atoms with E-state index in [-0.39, 0.29) is 5.41 Å². The van der Waals surface area contributed by atoms with E-state index in [2.05, 4.69) is 50.4 Å². The van der Waals surface area contributed by atoms with E-state index in [1.165, 1.54) is 11.1 Å². The molecule has 0 amide bonds. The first kappa shape index (κ1) is 12.6. The lowest BCUT2D eigenvalue weighted by atomic mass is 9.85. The van der Waals surface area contributed by atoms with Crippen molar-refractivity contribution in [1.29, 1.82) is 0 Å². The smallest absolute Gasteiger partial charge is 0.0613 e. The van der Waals surface area contributed by atoms with Crippen LogP contribution in [0.2, 0.25) is 0 Å². The molecule has 0 radical (unpaired) electrons. The van der Waals surface area contributed by atoms with Crippen molar-refractivity contribution >= 4 is 0 Å². The summed E-state index contributed by atoms with van der Waals surface area (Å²) < 4.78 is 5.21. The van der Waals surface area contributed by atoms with Gasteiger partial charge in [-0.25, -0.2) is 0 Å². The summed E-state index contributed by atoms with van der Waals surface area (Å²) in [5.41, 5.74) is 3.23. The third-order valence-electron chi connectivity index (χ3n) is 3.66. The zero-order valence-electron chi connectivity index (χ0n) is 11.3. The first-order chi connectivity index (χ1) is 8.04. The van der Waals surface area contributed by atoms with Crippen LogP contribution in [-0.2, 0) is 11.2 Å². The van der Waals surface area contributed by atoms with E-state index in [0.29, 0.717) is 12.1 Å². The minimum atomic E-state index is 0.283. The zero-order valence-corrected chi connectivity index (χ0v) is 11.3. The van der Waals surface area contributed by atoms with Crippen molar-refractivity contribution in [3.05, 3.63) is 35.4 Å². The molecule has 0 saturated heterocycles. The van der Waals surface area contributed by atoms with E-state index in [9.17, 15) is 0 Å². The summed E-state index contributed by atoms with van der Waals surface area (Å²) in [5, 5.41) is 3.70. The van der Waals surface area contributed by atoms with Crippen molar-refractivity contribution in [1.82, 2.24) is 5.32 Å². The molecule has 0 aliphatic heterocycles. The van der Waals surface area contributed by atoms with E-state index >= 15 is 0 Å². The Labute approximate surface area is 104 Å². The fourth-order valence-corrected chi connectivity index (χ4v) is 2.89. The summed E-state index contributed by atoms with van der Waals surface area (Å²) in [7, 11) is 1.76. The third kappa shape index (κ3) is 2.53. The molecule has 0 saturated carbocycles. The van der Waals surface area contributed by atoms with Crippen molar-refractivity contribution in [3.8, 4) is 0 Å². The molecule has 2 heteroatoms. The van der Waals surface area contributed by atoms with Gasteiger partial charge in [0.15, 0.2) is 0 Å². The third-order valence-corrected chi connectivity index (χ3v) is 3.66. The summed E-state index contributed by atoms with van der Waals surface area (Å²) in [6, 6.07) is 9.59. The van der Waals surface area contributed by atoms with Crippen molar-refractivity contribution in [2.45, 2.75) is 39.3 Å². The van der Waals surface area contributed by atoms with E-state index < -0.39 is 0 Å². The molecule has 1 aliphatic rings. The molecular weight excluding hydrogens is 210 g/mol. The molecular formula is C15H23NO.